The first kappa shape index (κ1) is 13.9. The Bertz CT molecular complexity index is 170. The highest BCUT2D eigenvalue weighted by molar-refractivity contribution is 4.76. The standard InChI is InChI=1S/C12H27N3O/c1-3-9-16-10-8-14-4-6-15(7-5-14)12(2)11-13/h12H,3-11,13H2,1-2H3. The molecule has 0 radical (unpaired) electrons. The van der Waals surface area contributed by atoms with E-state index in [1.54, 1.807) is 0 Å². The van der Waals surface area contributed by atoms with Gasteiger partial charge in [-0.05, 0) is 13.3 Å². The van der Waals surface area contributed by atoms with Crippen LogP contribution in [0.5, 0.6) is 0 Å². The molecule has 0 bridgehead atoms. The van der Waals surface area contributed by atoms with Crippen LogP contribution in [-0.2, 0) is 4.74 Å². The molecule has 1 aliphatic rings. The van der Waals surface area contributed by atoms with Crippen molar-refractivity contribution >= 4 is 0 Å². The van der Waals surface area contributed by atoms with Crippen molar-refractivity contribution in [3.8, 4) is 0 Å². The first-order valence-corrected chi connectivity index (χ1v) is 6.52. The zero-order valence-corrected chi connectivity index (χ0v) is 10.8. The fourth-order valence-electron chi connectivity index (χ4n) is 2.02. The Morgan fingerprint density at radius 3 is 2.44 bits per heavy atom. The van der Waals surface area contributed by atoms with Gasteiger partial charge in [-0.2, -0.15) is 0 Å². The molecule has 4 nitrogen and oxygen atoms in total. The van der Waals surface area contributed by atoms with E-state index in [0.717, 1.165) is 58.9 Å². The minimum atomic E-state index is 0.526. The van der Waals surface area contributed by atoms with Gasteiger partial charge in [-0.25, -0.2) is 0 Å². The van der Waals surface area contributed by atoms with Crippen LogP contribution in [0.25, 0.3) is 0 Å². The fourth-order valence-corrected chi connectivity index (χ4v) is 2.02. The van der Waals surface area contributed by atoms with Gasteiger partial charge in [0.05, 0.1) is 6.61 Å². The summed E-state index contributed by atoms with van der Waals surface area (Å²) in [6.45, 7) is 12.6. The van der Waals surface area contributed by atoms with Crippen LogP contribution in [0.3, 0.4) is 0 Å². The highest BCUT2D eigenvalue weighted by atomic mass is 16.5. The predicted octanol–water partition coefficient (Wildman–Crippen LogP) is 0.378. The smallest absolute Gasteiger partial charge is 0.0593 e. The summed E-state index contributed by atoms with van der Waals surface area (Å²) in [5.74, 6) is 0. The van der Waals surface area contributed by atoms with Gasteiger partial charge in [-0.1, -0.05) is 6.92 Å². The molecule has 0 aromatic heterocycles. The number of hydrogen-bond donors (Lipinski definition) is 1. The molecule has 96 valence electrons. The van der Waals surface area contributed by atoms with Crippen molar-refractivity contribution in [1.82, 2.24) is 9.80 Å². The first-order chi connectivity index (χ1) is 7.77. The number of hydrogen-bond acceptors (Lipinski definition) is 4. The van der Waals surface area contributed by atoms with Gasteiger partial charge in [0.1, 0.15) is 0 Å². The summed E-state index contributed by atoms with van der Waals surface area (Å²) in [5.41, 5.74) is 5.68. The van der Waals surface area contributed by atoms with Gasteiger partial charge in [0.15, 0.2) is 0 Å². The van der Waals surface area contributed by atoms with Crippen molar-refractivity contribution in [2.24, 2.45) is 5.73 Å². The molecule has 1 saturated heterocycles. The molecule has 0 aromatic rings. The van der Waals surface area contributed by atoms with Crippen molar-refractivity contribution < 1.29 is 4.74 Å². The third-order valence-corrected chi connectivity index (χ3v) is 3.27. The van der Waals surface area contributed by atoms with Crippen LogP contribution in [0.15, 0.2) is 0 Å². The quantitative estimate of drug-likeness (QED) is 0.641. The minimum Gasteiger partial charge on any atom is -0.380 e. The molecule has 1 heterocycles. The van der Waals surface area contributed by atoms with E-state index in [9.17, 15) is 0 Å². The number of rotatable bonds is 7. The van der Waals surface area contributed by atoms with Gasteiger partial charge >= 0.3 is 0 Å². The SMILES string of the molecule is CCCOCCN1CCN(C(C)CN)CC1. The van der Waals surface area contributed by atoms with E-state index in [4.69, 9.17) is 10.5 Å². The maximum Gasteiger partial charge on any atom is 0.0593 e. The van der Waals surface area contributed by atoms with Crippen LogP contribution in [0, 0.1) is 0 Å². The summed E-state index contributed by atoms with van der Waals surface area (Å²) in [6.07, 6.45) is 1.11. The molecule has 16 heavy (non-hydrogen) atoms. The Labute approximate surface area is 99.7 Å². The molecule has 1 unspecified atom stereocenters. The summed E-state index contributed by atoms with van der Waals surface area (Å²) in [7, 11) is 0. The lowest BCUT2D eigenvalue weighted by molar-refractivity contribution is 0.0653. The summed E-state index contributed by atoms with van der Waals surface area (Å²) >= 11 is 0. The van der Waals surface area contributed by atoms with Crippen LogP contribution in [0.2, 0.25) is 0 Å². The molecule has 0 amide bonds. The zero-order chi connectivity index (χ0) is 11.8. The van der Waals surface area contributed by atoms with E-state index in [1.807, 2.05) is 0 Å². The van der Waals surface area contributed by atoms with Crippen LogP contribution in [-0.4, -0.2) is 68.3 Å². The molecule has 4 heteroatoms. The minimum absolute atomic E-state index is 0.526. The summed E-state index contributed by atoms with van der Waals surface area (Å²) in [4.78, 5) is 4.96. The maximum absolute atomic E-state index is 5.68. The van der Waals surface area contributed by atoms with Gasteiger partial charge in [0, 0.05) is 51.9 Å². The fraction of sp³-hybridized carbons (Fsp3) is 1.00. The van der Waals surface area contributed by atoms with Crippen LogP contribution in [0.1, 0.15) is 20.3 Å². The Balaban J connectivity index is 2.07. The molecule has 1 rings (SSSR count). The topological polar surface area (TPSA) is 41.7 Å². The zero-order valence-electron chi connectivity index (χ0n) is 10.8. The second kappa shape index (κ2) is 8.01. The van der Waals surface area contributed by atoms with Crippen LogP contribution >= 0.6 is 0 Å². The van der Waals surface area contributed by atoms with E-state index in [1.165, 1.54) is 0 Å². The molecule has 1 atom stereocenters. The van der Waals surface area contributed by atoms with E-state index in [0.29, 0.717) is 6.04 Å². The lowest BCUT2D eigenvalue weighted by Crippen LogP contribution is -2.51. The average molecular weight is 229 g/mol. The van der Waals surface area contributed by atoms with E-state index in [2.05, 4.69) is 23.6 Å². The number of ether oxygens (including phenoxy) is 1. The van der Waals surface area contributed by atoms with Gasteiger partial charge in [-0.15, -0.1) is 0 Å². The number of piperazine rings is 1. The summed E-state index contributed by atoms with van der Waals surface area (Å²) < 4.78 is 5.51. The lowest BCUT2D eigenvalue weighted by Gasteiger charge is -2.37. The third kappa shape index (κ3) is 4.78. The largest absolute Gasteiger partial charge is 0.380 e. The molecule has 0 saturated carbocycles. The van der Waals surface area contributed by atoms with Crippen molar-refractivity contribution in [3.05, 3.63) is 0 Å². The van der Waals surface area contributed by atoms with Gasteiger partial charge < -0.3 is 10.5 Å². The maximum atomic E-state index is 5.68. The molecule has 0 aromatic carbocycles. The van der Waals surface area contributed by atoms with Gasteiger partial charge in [-0.3, -0.25) is 9.80 Å². The number of nitrogens with zero attached hydrogens (tertiary/aromatic N) is 2. The summed E-state index contributed by atoms with van der Waals surface area (Å²) in [6, 6.07) is 0.526. The van der Waals surface area contributed by atoms with E-state index in [-0.39, 0.29) is 0 Å². The normalized spacial score (nSPS) is 21.2. The molecule has 2 N–H and O–H groups in total. The average Bonchev–Trinajstić information content (AvgIpc) is 2.34. The van der Waals surface area contributed by atoms with Crippen molar-refractivity contribution in [2.75, 3.05) is 52.5 Å². The predicted molar refractivity (Wildman–Crippen MR) is 67.6 cm³/mol. The van der Waals surface area contributed by atoms with E-state index >= 15 is 0 Å². The highest BCUT2D eigenvalue weighted by Gasteiger charge is 2.19. The monoisotopic (exact) mass is 229 g/mol. The molecule has 0 aliphatic carbocycles. The Kier molecular flexibility index (Phi) is 6.96. The number of nitrogens with two attached hydrogens (primary N) is 1. The van der Waals surface area contributed by atoms with Gasteiger partial charge in [0.2, 0.25) is 0 Å². The van der Waals surface area contributed by atoms with Gasteiger partial charge in [0.25, 0.3) is 0 Å². The third-order valence-electron chi connectivity index (χ3n) is 3.27. The Morgan fingerprint density at radius 2 is 1.88 bits per heavy atom. The lowest BCUT2D eigenvalue weighted by atomic mass is 10.2. The highest BCUT2D eigenvalue weighted by Crippen LogP contribution is 2.05. The Morgan fingerprint density at radius 1 is 1.19 bits per heavy atom. The van der Waals surface area contributed by atoms with Crippen LogP contribution < -0.4 is 5.73 Å². The molecular weight excluding hydrogens is 202 g/mol. The summed E-state index contributed by atoms with van der Waals surface area (Å²) in [5, 5.41) is 0. The molecular formula is C12H27N3O. The second-order valence-electron chi connectivity index (χ2n) is 4.57. The first-order valence-electron chi connectivity index (χ1n) is 6.52. The van der Waals surface area contributed by atoms with Crippen molar-refractivity contribution in [3.63, 3.8) is 0 Å². The Hall–Kier alpha value is -0.160. The molecule has 1 fully saturated rings. The van der Waals surface area contributed by atoms with Crippen LogP contribution in [0.4, 0.5) is 0 Å². The van der Waals surface area contributed by atoms with E-state index < -0.39 is 0 Å². The van der Waals surface area contributed by atoms with Crippen molar-refractivity contribution in [1.29, 1.82) is 0 Å². The molecule has 0 spiro atoms. The van der Waals surface area contributed by atoms with Crippen molar-refractivity contribution in [2.45, 2.75) is 26.3 Å². The molecule has 1 aliphatic heterocycles. The second-order valence-corrected chi connectivity index (χ2v) is 4.57.